The van der Waals surface area contributed by atoms with Gasteiger partial charge in [0.15, 0.2) is 0 Å². The highest BCUT2D eigenvalue weighted by Gasteiger charge is 2.04. The topological polar surface area (TPSA) is 48.4 Å². The molecule has 0 saturated carbocycles. The molecular formula is C16H13NO3S. The SMILES string of the molecule is CC(=O)Oc1ccc(OCc2nc3ccccc3s2)cc1. The number of hydrogen-bond acceptors (Lipinski definition) is 5. The average Bonchev–Trinajstić information content (AvgIpc) is 2.89. The maximum atomic E-state index is 10.8. The average molecular weight is 299 g/mol. The summed E-state index contributed by atoms with van der Waals surface area (Å²) >= 11 is 1.62. The first-order chi connectivity index (χ1) is 10.2. The number of rotatable bonds is 4. The van der Waals surface area contributed by atoms with Crippen molar-refractivity contribution < 1.29 is 14.3 Å². The zero-order chi connectivity index (χ0) is 14.7. The third-order valence-corrected chi connectivity index (χ3v) is 3.80. The summed E-state index contributed by atoms with van der Waals surface area (Å²) in [5, 5.41) is 0.931. The Labute approximate surface area is 126 Å². The number of ether oxygens (including phenoxy) is 2. The van der Waals surface area contributed by atoms with E-state index in [0.717, 1.165) is 15.2 Å². The molecule has 0 bridgehead atoms. The van der Waals surface area contributed by atoms with Crippen LogP contribution >= 0.6 is 11.3 Å². The van der Waals surface area contributed by atoms with Crippen molar-refractivity contribution >= 4 is 27.5 Å². The fraction of sp³-hybridized carbons (Fsp3) is 0.125. The van der Waals surface area contributed by atoms with E-state index in [1.165, 1.54) is 6.92 Å². The lowest BCUT2D eigenvalue weighted by atomic mass is 10.3. The van der Waals surface area contributed by atoms with Crippen LogP contribution in [0.15, 0.2) is 48.5 Å². The number of nitrogens with zero attached hydrogens (tertiary/aromatic N) is 1. The van der Waals surface area contributed by atoms with Gasteiger partial charge in [0, 0.05) is 6.92 Å². The van der Waals surface area contributed by atoms with Gasteiger partial charge in [0.05, 0.1) is 10.2 Å². The summed E-state index contributed by atoms with van der Waals surface area (Å²) in [7, 11) is 0. The summed E-state index contributed by atoms with van der Waals surface area (Å²) in [6.07, 6.45) is 0. The van der Waals surface area contributed by atoms with E-state index >= 15 is 0 Å². The number of fused-ring (bicyclic) bond motifs is 1. The molecule has 0 amide bonds. The summed E-state index contributed by atoms with van der Waals surface area (Å²) < 4.78 is 11.8. The summed E-state index contributed by atoms with van der Waals surface area (Å²) in [5.41, 5.74) is 0.992. The van der Waals surface area contributed by atoms with Gasteiger partial charge in [0.1, 0.15) is 23.1 Å². The zero-order valence-corrected chi connectivity index (χ0v) is 12.2. The van der Waals surface area contributed by atoms with Crippen LogP contribution in [0.3, 0.4) is 0 Å². The zero-order valence-electron chi connectivity index (χ0n) is 11.4. The fourth-order valence-electron chi connectivity index (χ4n) is 1.90. The van der Waals surface area contributed by atoms with Crippen LogP contribution in [-0.2, 0) is 11.4 Å². The van der Waals surface area contributed by atoms with E-state index in [2.05, 4.69) is 4.98 Å². The molecule has 4 nitrogen and oxygen atoms in total. The lowest BCUT2D eigenvalue weighted by Gasteiger charge is -2.05. The van der Waals surface area contributed by atoms with E-state index < -0.39 is 0 Å². The summed E-state index contributed by atoms with van der Waals surface area (Å²) in [5.74, 6) is 0.887. The van der Waals surface area contributed by atoms with Gasteiger partial charge in [-0.05, 0) is 36.4 Å². The molecule has 0 N–H and O–H groups in total. The monoisotopic (exact) mass is 299 g/mol. The van der Waals surface area contributed by atoms with Crippen molar-refractivity contribution in [2.24, 2.45) is 0 Å². The summed E-state index contributed by atoms with van der Waals surface area (Å²) in [6, 6.07) is 15.0. The summed E-state index contributed by atoms with van der Waals surface area (Å²) in [6.45, 7) is 1.80. The first-order valence-electron chi connectivity index (χ1n) is 6.46. The van der Waals surface area contributed by atoms with Crippen molar-refractivity contribution in [2.75, 3.05) is 0 Å². The van der Waals surface area contributed by atoms with Crippen LogP contribution in [0.5, 0.6) is 11.5 Å². The molecule has 0 aliphatic heterocycles. The van der Waals surface area contributed by atoms with Gasteiger partial charge in [0.2, 0.25) is 0 Å². The van der Waals surface area contributed by atoms with Gasteiger partial charge in [-0.25, -0.2) is 4.98 Å². The molecule has 21 heavy (non-hydrogen) atoms. The first kappa shape index (κ1) is 13.6. The van der Waals surface area contributed by atoms with Crippen molar-refractivity contribution in [2.45, 2.75) is 13.5 Å². The van der Waals surface area contributed by atoms with E-state index in [0.29, 0.717) is 18.1 Å². The van der Waals surface area contributed by atoms with Crippen LogP contribution in [0.2, 0.25) is 0 Å². The fourth-order valence-corrected chi connectivity index (χ4v) is 2.78. The van der Waals surface area contributed by atoms with Gasteiger partial charge in [0.25, 0.3) is 0 Å². The van der Waals surface area contributed by atoms with Crippen LogP contribution < -0.4 is 9.47 Å². The van der Waals surface area contributed by atoms with Crippen molar-refractivity contribution in [1.82, 2.24) is 4.98 Å². The standard InChI is InChI=1S/C16H13NO3S/c1-11(18)20-13-8-6-12(7-9-13)19-10-16-17-14-4-2-3-5-15(14)21-16/h2-9H,10H2,1H3. The minimum atomic E-state index is -0.335. The molecule has 0 spiro atoms. The van der Waals surface area contributed by atoms with E-state index in [1.807, 2.05) is 24.3 Å². The smallest absolute Gasteiger partial charge is 0.308 e. The van der Waals surface area contributed by atoms with Crippen molar-refractivity contribution in [1.29, 1.82) is 0 Å². The van der Waals surface area contributed by atoms with Crippen LogP contribution in [0.25, 0.3) is 10.2 Å². The molecule has 0 unspecified atom stereocenters. The Morgan fingerprint density at radius 3 is 2.52 bits per heavy atom. The molecule has 1 aromatic heterocycles. The Morgan fingerprint density at radius 2 is 1.81 bits per heavy atom. The molecule has 0 atom stereocenters. The summed E-state index contributed by atoms with van der Waals surface area (Å²) in [4.78, 5) is 15.3. The number of benzene rings is 2. The van der Waals surface area contributed by atoms with Crippen LogP contribution in [0, 0.1) is 0 Å². The van der Waals surface area contributed by atoms with E-state index in [4.69, 9.17) is 9.47 Å². The molecule has 0 saturated heterocycles. The minimum absolute atomic E-state index is 0.335. The van der Waals surface area contributed by atoms with E-state index in [9.17, 15) is 4.79 Å². The van der Waals surface area contributed by atoms with Crippen LogP contribution in [0.4, 0.5) is 0 Å². The number of thiazole rings is 1. The molecule has 3 aromatic rings. The van der Waals surface area contributed by atoms with Crippen molar-refractivity contribution in [3.8, 4) is 11.5 Å². The van der Waals surface area contributed by atoms with Gasteiger partial charge < -0.3 is 9.47 Å². The molecule has 0 aliphatic carbocycles. The quantitative estimate of drug-likeness (QED) is 0.543. The third-order valence-electron chi connectivity index (χ3n) is 2.79. The Hall–Kier alpha value is -2.40. The number of carbonyl (C=O) groups is 1. The highest BCUT2D eigenvalue weighted by molar-refractivity contribution is 7.18. The largest absolute Gasteiger partial charge is 0.486 e. The lowest BCUT2D eigenvalue weighted by molar-refractivity contribution is -0.131. The van der Waals surface area contributed by atoms with Crippen molar-refractivity contribution in [3.63, 3.8) is 0 Å². The van der Waals surface area contributed by atoms with Gasteiger partial charge in [-0.2, -0.15) is 0 Å². The molecule has 5 heteroatoms. The maximum absolute atomic E-state index is 10.8. The molecule has 0 fully saturated rings. The van der Waals surface area contributed by atoms with Crippen LogP contribution in [-0.4, -0.2) is 11.0 Å². The first-order valence-corrected chi connectivity index (χ1v) is 7.28. The highest BCUT2D eigenvalue weighted by Crippen LogP contribution is 2.23. The van der Waals surface area contributed by atoms with Gasteiger partial charge in [-0.15, -0.1) is 11.3 Å². The normalized spacial score (nSPS) is 10.5. The van der Waals surface area contributed by atoms with E-state index in [-0.39, 0.29) is 5.97 Å². The van der Waals surface area contributed by atoms with Crippen molar-refractivity contribution in [3.05, 3.63) is 53.5 Å². The van der Waals surface area contributed by atoms with Gasteiger partial charge in [-0.1, -0.05) is 12.1 Å². The molecule has 3 rings (SSSR count). The molecule has 0 radical (unpaired) electrons. The van der Waals surface area contributed by atoms with Gasteiger partial charge in [-0.3, -0.25) is 4.79 Å². The molecule has 0 aliphatic rings. The van der Waals surface area contributed by atoms with E-state index in [1.54, 1.807) is 35.6 Å². The Kier molecular flexibility index (Phi) is 3.83. The third kappa shape index (κ3) is 3.38. The Bertz CT molecular complexity index is 732. The predicted molar refractivity (Wildman–Crippen MR) is 81.7 cm³/mol. The number of esters is 1. The van der Waals surface area contributed by atoms with Crippen LogP contribution in [0.1, 0.15) is 11.9 Å². The second kappa shape index (κ2) is 5.93. The second-order valence-corrected chi connectivity index (χ2v) is 5.54. The lowest BCUT2D eigenvalue weighted by Crippen LogP contribution is -2.01. The number of aromatic nitrogens is 1. The predicted octanol–water partition coefficient (Wildman–Crippen LogP) is 3.80. The van der Waals surface area contributed by atoms with Gasteiger partial charge >= 0.3 is 5.97 Å². The Balaban J connectivity index is 1.65. The maximum Gasteiger partial charge on any atom is 0.308 e. The Morgan fingerprint density at radius 1 is 1.10 bits per heavy atom. The molecule has 106 valence electrons. The minimum Gasteiger partial charge on any atom is -0.486 e. The molecule has 2 aromatic carbocycles. The number of para-hydroxylation sites is 1. The number of hydrogen-bond donors (Lipinski definition) is 0. The number of carbonyl (C=O) groups excluding carboxylic acids is 1. The second-order valence-electron chi connectivity index (χ2n) is 4.43. The molecule has 1 heterocycles. The highest BCUT2D eigenvalue weighted by atomic mass is 32.1. The molecular weight excluding hydrogens is 286 g/mol.